The first-order chi connectivity index (χ1) is 8.60. The summed E-state index contributed by atoms with van der Waals surface area (Å²) < 4.78 is 5.56. The summed E-state index contributed by atoms with van der Waals surface area (Å²) >= 11 is 12.1. The van der Waals surface area contributed by atoms with Crippen LogP contribution in [0.1, 0.15) is 25.5 Å². The lowest BCUT2D eigenvalue weighted by atomic mass is 10.0. The third kappa shape index (κ3) is 4.16. The molecule has 0 heterocycles. The van der Waals surface area contributed by atoms with Crippen LogP contribution in [0.5, 0.6) is 0 Å². The van der Waals surface area contributed by atoms with Gasteiger partial charge in [0.05, 0.1) is 0 Å². The van der Waals surface area contributed by atoms with Crippen LogP contribution < -0.4 is 0 Å². The van der Waals surface area contributed by atoms with Gasteiger partial charge in [0, 0.05) is 23.1 Å². The van der Waals surface area contributed by atoms with Gasteiger partial charge in [0.2, 0.25) is 0 Å². The minimum absolute atomic E-state index is 0.0105. The number of allylic oxidation sites excluding steroid dienone is 2. The smallest absolute Gasteiger partial charge is 0.108 e. The normalized spacial score (nSPS) is 15.9. The minimum Gasteiger partial charge on any atom is -0.372 e. The molecule has 0 N–H and O–H groups in total. The third-order valence-corrected chi connectivity index (χ3v) is 3.10. The summed E-state index contributed by atoms with van der Waals surface area (Å²) in [5.41, 5.74) is 2.00. The van der Waals surface area contributed by atoms with Gasteiger partial charge in [-0.3, -0.25) is 0 Å². The standard InChI is InChI=1S/C15H18Cl2O/c1-4-12(10-9-11(2)16)15(18-3)13-7-5-6-8-14(13)17/h4-11,15H,1-3H3/b10-9-,12-4+. The molecule has 0 fully saturated rings. The molecule has 0 amide bonds. The molecule has 1 rings (SSSR count). The van der Waals surface area contributed by atoms with Crippen LogP contribution >= 0.6 is 23.2 Å². The number of hydrogen-bond acceptors (Lipinski definition) is 1. The zero-order valence-electron chi connectivity index (χ0n) is 10.9. The highest BCUT2D eigenvalue weighted by Gasteiger charge is 2.16. The number of alkyl halides is 1. The van der Waals surface area contributed by atoms with Crippen LogP contribution in [-0.2, 0) is 4.74 Å². The van der Waals surface area contributed by atoms with Gasteiger partial charge in [-0.05, 0) is 25.5 Å². The number of methoxy groups -OCH3 is 1. The maximum atomic E-state index is 6.20. The zero-order valence-corrected chi connectivity index (χ0v) is 12.4. The van der Waals surface area contributed by atoms with Crippen molar-refractivity contribution < 1.29 is 4.74 Å². The van der Waals surface area contributed by atoms with E-state index < -0.39 is 0 Å². The van der Waals surface area contributed by atoms with Crippen molar-refractivity contribution in [2.75, 3.05) is 7.11 Å². The van der Waals surface area contributed by atoms with Gasteiger partial charge in [-0.25, -0.2) is 0 Å². The van der Waals surface area contributed by atoms with Gasteiger partial charge < -0.3 is 4.74 Å². The molecule has 0 aliphatic heterocycles. The van der Waals surface area contributed by atoms with E-state index in [0.717, 1.165) is 11.1 Å². The van der Waals surface area contributed by atoms with E-state index in [1.807, 2.05) is 56.3 Å². The molecule has 0 aromatic heterocycles. The van der Waals surface area contributed by atoms with E-state index in [2.05, 4.69) is 0 Å². The minimum atomic E-state index is -0.171. The maximum Gasteiger partial charge on any atom is 0.108 e. The molecule has 0 saturated heterocycles. The lowest BCUT2D eigenvalue weighted by Crippen LogP contribution is -2.04. The second kappa shape index (κ2) is 7.63. The summed E-state index contributed by atoms with van der Waals surface area (Å²) in [6.45, 7) is 3.89. The molecule has 2 atom stereocenters. The molecular weight excluding hydrogens is 267 g/mol. The van der Waals surface area contributed by atoms with E-state index in [4.69, 9.17) is 27.9 Å². The highest BCUT2D eigenvalue weighted by molar-refractivity contribution is 6.31. The largest absolute Gasteiger partial charge is 0.372 e. The van der Waals surface area contributed by atoms with Gasteiger partial charge >= 0.3 is 0 Å². The van der Waals surface area contributed by atoms with Crippen molar-refractivity contribution in [2.45, 2.75) is 25.3 Å². The molecule has 18 heavy (non-hydrogen) atoms. The van der Waals surface area contributed by atoms with E-state index in [9.17, 15) is 0 Å². The summed E-state index contributed by atoms with van der Waals surface area (Å²) in [7, 11) is 1.68. The molecule has 1 aromatic carbocycles. The molecular formula is C15H18Cl2O. The van der Waals surface area contributed by atoms with Crippen molar-refractivity contribution in [3.05, 3.63) is 58.7 Å². The molecule has 3 heteroatoms. The van der Waals surface area contributed by atoms with Crippen molar-refractivity contribution in [2.24, 2.45) is 0 Å². The second-order valence-electron chi connectivity index (χ2n) is 3.96. The molecule has 2 unspecified atom stereocenters. The Kier molecular flexibility index (Phi) is 6.48. The molecule has 0 spiro atoms. The van der Waals surface area contributed by atoms with Crippen LogP contribution in [0.4, 0.5) is 0 Å². The van der Waals surface area contributed by atoms with Gasteiger partial charge in [-0.1, -0.05) is 48.0 Å². The van der Waals surface area contributed by atoms with Gasteiger partial charge in [0.1, 0.15) is 6.10 Å². The van der Waals surface area contributed by atoms with Crippen molar-refractivity contribution >= 4 is 23.2 Å². The molecule has 0 bridgehead atoms. The fraction of sp³-hybridized carbons (Fsp3) is 0.333. The summed E-state index contributed by atoms with van der Waals surface area (Å²) in [4.78, 5) is 0. The van der Waals surface area contributed by atoms with Crippen LogP contribution in [0, 0.1) is 0 Å². The zero-order chi connectivity index (χ0) is 13.5. The fourth-order valence-electron chi connectivity index (χ4n) is 1.71. The van der Waals surface area contributed by atoms with Crippen LogP contribution in [-0.4, -0.2) is 12.5 Å². The number of benzene rings is 1. The lowest BCUT2D eigenvalue weighted by molar-refractivity contribution is 0.136. The van der Waals surface area contributed by atoms with Gasteiger partial charge in [0.25, 0.3) is 0 Å². The molecule has 0 radical (unpaired) electrons. The Hall–Kier alpha value is -0.760. The molecule has 0 saturated carbocycles. The Balaban J connectivity index is 3.06. The highest BCUT2D eigenvalue weighted by Crippen LogP contribution is 2.31. The van der Waals surface area contributed by atoms with Crippen LogP contribution in [0.2, 0.25) is 5.02 Å². The van der Waals surface area contributed by atoms with E-state index >= 15 is 0 Å². The number of rotatable bonds is 5. The molecule has 0 aliphatic carbocycles. The van der Waals surface area contributed by atoms with E-state index in [1.165, 1.54) is 0 Å². The Morgan fingerprint density at radius 3 is 2.50 bits per heavy atom. The monoisotopic (exact) mass is 284 g/mol. The first-order valence-corrected chi connectivity index (χ1v) is 6.67. The summed E-state index contributed by atoms with van der Waals surface area (Å²) in [5.74, 6) is 0. The third-order valence-electron chi connectivity index (χ3n) is 2.61. The Morgan fingerprint density at radius 1 is 1.33 bits per heavy atom. The topological polar surface area (TPSA) is 9.23 Å². The molecule has 1 nitrogen and oxygen atoms in total. The average Bonchev–Trinajstić information content (AvgIpc) is 2.35. The molecule has 98 valence electrons. The average molecular weight is 285 g/mol. The fourth-order valence-corrected chi connectivity index (χ4v) is 2.02. The Labute approximate surface area is 119 Å². The summed E-state index contributed by atoms with van der Waals surface area (Å²) in [5, 5.41) is 0.694. The number of hydrogen-bond donors (Lipinski definition) is 0. The van der Waals surface area contributed by atoms with Crippen LogP contribution in [0.3, 0.4) is 0 Å². The SMILES string of the molecule is C/C=C(\C=C/C(C)Cl)C(OC)c1ccccc1Cl. The van der Waals surface area contributed by atoms with Crippen LogP contribution in [0.15, 0.2) is 48.1 Å². The van der Waals surface area contributed by atoms with Gasteiger partial charge in [0.15, 0.2) is 0 Å². The molecule has 1 aromatic rings. The van der Waals surface area contributed by atoms with E-state index in [-0.39, 0.29) is 11.5 Å². The van der Waals surface area contributed by atoms with Gasteiger partial charge in [-0.2, -0.15) is 0 Å². The number of ether oxygens (including phenoxy) is 1. The van der Waals surface area contributed by atoms with Crippen molar-refractivity contribution in [1.29, 1.82) is 0 Å². The first kappa shape index (κ1) is 15.3. The Morgan fingerprint density at radius 2 is 2.00 bits per heavy atom. The second-order valence-corrected chi connectivity index (χ2v) is 5.06. The lowest BCUT2D eigenvalue weighted by Gasteiger charge is -2.18. The molecule has 0 aliphatic rings. The predicted octanol–water partition coefficient (Wildman–Crippen LogP) is 5.16. The van der Waals surface area contributed by atoms with Crippen molar-refractivity contribution in [1.82, 2.24) is 0 Å². The van der Waals surface area contributed by atoms with Crippen molar-refractivity contribution in [3.63, 3.8) is 0 Å². The highest BCUT2D eigenvalue weighted by atomic mass is 35.5. The quantitative estimate of drug-likeness (QED) is 0.536. The number of halogens is 2. The predicted molar refractivity (Wildman–Crippen MR) is 79.4 cm³/mol. The maximum absolute atomic E-state index is 6.20. The first-order valence-electron chi connectivity index (χ1n) is 5.85. The van der Waals surface area contributed by atoms with E-state index in [0.29, 0.717) is 5.02 Å². The van der Waals surface area contributed by atoms with Crippen molar-refractivity contribution in [3.8, 4) is 0 Å². The van der Waals surface area contributed by atoms with Gasteiger partial charge in [-0.15, -0.1) is 11.6 Å². The van der Waals surface area contributed by atoms with Crippen LogP contribution in [0.25, 0.3) is 0 Å². The van der Waals surface area contributed by atoms with E-state index in [1.54, 1.807) is 7.11 Å². The Bertz CT molecular complexity index is 436. The summed E-state index contributed by atoms with van der Waals surface area (Å²) in [6.07, 6.45) is 5.75. The summed E-state index contributed by atoms with van der Waals surface area (Å²) in [6, 6.07) is 7.70.